The Hall–Kier alpha value is -0.830. The first-order chi connectivity index (χ1) is 8.29. The molecular weight excluding hydrogens is 216 g/mol. The highest BCUT2D eigenvalue weighted by Gasteiger charge is 2.13. The van der Waals surface area contributed by atoms with Crippen LogP contribution in [0.1, 0.15) is 51.4 Å². The van der Waals surface area contributed by atoms with Gasteiger partial charge in [0.05, 0.1) is 13.2 Å². The Kier molecular flexibility index (Phi) is 7.72. The van der Waals surface area contributed by atoms with Gasteiger partial charge in [0.15, 0.2) is 0 Å². The molecule has 0 aromatic carbocycles. The van der Waals surface area contributed by atoms with Crippen molar-refractivity contribution < 1.29 is 14.6 Å². The molecule has 1 rings (SSSR count). The van der Waals surface area contributed by atoms with Crippen molar-refractivity contribution in [1.29, 1.82) is 0 Å². The summed E-state index contributed by atoms with van der Waals surface area (Å²) in [7, 11) is 0. The number of hydrogen-bond acceptors (Lipinski definition) is 2. The van der Waals surface area contributed by atoms with Gasteiger partial charge in [-0.15, -0.1) is 0 Å². The molecule has 0 unspecified atom stereocenters. The quantitative estimate of drug-likeness (QED) is 0.470. The van der Waals surface area contributed by atoms with E-state index in [1.54, 1.807) is 0 Å². The molecule has 0 bridgehead atoms. The summed E-state index contributed by atoms with van der Waals surface area (Å²) in [6.07, 6.45) is 12.9. The fourth-order valence-electron chi connectivity index (χ4n) is 1.90. The van der Waals surface area contributed by atoms with E-state index in [0.29, 0.717) is 12.3 Å². The highest BCUT2D eigenvalue weighted by molar-refractivity contribution is 5.66. The second kappa shape index (κ2) is 9.23. The summed E-state index contributed by atoms with van der Waals surface area (Å²) in [5, 5.41) is 8.47. The van der Waals surface area contributed by atoms with E-state index < -0.39 is 5.97 Å². The third kappa shape index (κ3) is 7.97. The van der Waals surface area contributed by atoms with Crippen molar-refractivity contribution in [3.05, 3.63) is 12.2 Å². The fraction of sp³-hybridized carbons (Fsp3) is 0.786. The summed E-state index contributed by atoms with van der Waals surface area (Å²) in [4.78, 5) is 10.3. The van der Waals surface area contributed by atoms with Gasteiger partial charge in [-0.3, -0.25) is 4.79 Å². The summed E-state index contributed by atoms with van der Waals surface area (Å²) in [6.45, 7) is 1.81. The molecule has 0 spiro atoms. The molecule has 17 heavy (non-hydrogen) atoms. The van der Waals surface area contributed by atoms with Crippen LogP contribution >= 0.6 is 0 Å². The minimum Gasteiger partial charge on any atom is -0.481 e. The zero-order valence-corrected chi connectivity index (χ0v) is 10.6. The van der Waals surface area contributed by atoms with Crippen molar-refractivity contribution in [3.8, 4) is 0 Å². The van der Waals surface area contributed by atoms with Crippen LogP contribution in [-0.2, 0) is 9.53 Å². The van der Waals surface area contributed by atoms with Crippen LogP contribution in [0.15, 0.2) is 12.2 Å². The van der Waals surface area contributed by atoms with E-state index in [4.69, 9.17) is 9.84 Å². The molecule has 0 saturated carbocycles. The Bertz CT molecular complexity index is 232. The molecule has 0 radical (unpaired) electrons. The van der Waals surface area contributed by atoms with Crippen molar-refractivity contribution in [2.75, 3.05) is 13.2 Å². The number of hydrogen-bond donors (Lipinski definition) is 1. The van der Waals surface area contributed by atoms with Crippen LogP contribution in [0, 0.1) is 5.92 Å². The van der Waals surface area contributed by atoms with Gasteiger partial charge in [0.2, 0.25) is 0 Å². The Balaban J connectivity index is 1.75. The number of allylic oxidation sites excluding steroid dienone is 1. The molecule has 1 fully saturated rings. The molecule has 1 N–H and O–H groups in total. The Morgan fingerprint density at radius 3 is 2.35 bits per heavy atom. The molecule has 1 heterocycles. The van der Waals surface area contributed by atoms with Gasteiger partial charge in [-0.25, -0.2) is 0 Å². The molecule has 1 saturated heterocycles. The van der Waals surface area contributed by atoms with Crippen LogP contribution in [-0.4, -0.2) is 24.3 Å². The third-order valence-electron chi connectivity index (χ3n) is 3.08. The van der Waals surface area contributed by atoms with Crippen LogP contribution < -0.4 is 0 Å². The highest BCUT2D eigenvalue weighted by atomic mass is 16.5. The average Bonchev–Trinajstić information content (AvgIpc) is 2.23. The predicted molar refractivity (Wildman–Crippen MR) is 68.0 cm³/mol. The van der Waals surface area contributed by atoms with Gasteiger partial charge in [-0.05, 0) is 19.3 Å². The van der Waals surface area contributed by atoms with Crippen molar-refractivity contribution >= 4 is 5.97 Å². The van der Waals surface area contributed by atoms with Crippen molar-refractivity contribution in [2.45, 2.75) is 51.4 Å². The van der Waals surface area contributed by atoms with Gasteiger partial charge in [0.25, 0.3) is 0 Å². The van der Waals surface area contributed by atoms with Gasteiger partial charge in [0, 0.05) is 12.3 Å². The van der Waals surface area contributed by atoms with E-state index in [9.17, 15) is 4.79 Å². The summed E-state index contributed by atoms with van der Waals surface area (Å²) in [6, 6.07) is 0. The van der Waals surface area contributed by atoms with E-state index in [-0.39, 0.29) is 0 Å². The molecule has 1 aliphatic heterocycles. The lowest BCUT2D eigenvalue weighted by Crippen LogP contribution is -2.25. The number of unbranched alkanes of at least 4 members (excludes halogenated alkanes) is 6. The van der Waals surface area contributed by atoms with Crippen LogP contribution in [0.4, 0.5) is 0 Å². The lowest BCUT2D eigenvalue weighted by molar-refractivity contribution is -0.137. The van der Waals surface area contributed by atoms with Crippen LogP contribution in [0.25, 0.3) is 0 Å². The minimum absolute atomic E-state index is 0.326. The Morgan fingerprint density at radius 1 is 1.12 bits per heavy atom. The van der Waals surface area contributed by atoms with E-state index in [1.165, 1.54) is 32.1 Å². The summed E-state index contributed by atoms with van der Waals surface area (Å²) < 4.78 is 5.09. The van der Waals surface area contributed by atoms with Crippen molar-refractivity contribution in [1.82, 2.24) is 0 Å². The third-order valence-corrected chi connectivity index (χ3v) is 3.08. The highest BCUT2D eigenvalue weighted by Crippen LogP contribution is 2.13. The maximum absolute atomic E-state index is 10.3. The second-order valence-corrected chi connectivity index (χ2v) is 4.78. The summed E-state index contributed by atoms with van der Waals surface area (Å²) in [5.74, 6) is 0.00105. The smallest absolute Gasteiger partial charge is 0.303 e. The van der Waals surface area contributed by atoms with Crippen LogP contribution in [0.3, 0.4) is 0 Å². The van der Waals surface area contributed by atoms with E-state index in [2.05, 4.69) is 12.2 Å². The second-order valence-electron chi connectivity index (χ2n) is 4.78. The first kappa shape index (κ1) is 14.2. The molecule has 3 nitrogen and oxygen atoms in total. The topological polar surface area (TPSA) is 46.5 Å². The lowest BCUT2D eigenvalue weighted by Gasteiger charge is -2.22. The molecule has 0 atom stereocenters. The van der Waals surface area contributed by atoms with Gasteiger partial charge in [-0.1, -0.05) is 37.8 Å². The first-order valence-electron chi connectivity index (χ1n) is 6.75. The number of carboxylic acids is 1. The molecule has 3 heteroatoms. The zero-order chi connectivity index (χ0) is 12.3. The van der Waals surface area contributed by atoms with Gasteiger partial charge >= 0.3 is 5.97 Å². The van der Waals surface area contributed by atoms with Crippen molar-refractivity contribution in [2.24, 2.45) is 5.92 Å². The minimum atomic E-state index is -0.671. The van der Waals surface area contributed by atoms with Gasteiger partial charge < -0.3 is 9.84 Å². The van der Waals surface area contributed by atoms with E-state index in [0.717, 1.165) is 26.1 Å². The number of aliphatic carboxylic acids is 1. The van der Waals surface area contributed by atoms with Crippen LogP contribution in [0.5, 0.6) is 0 Å². The summed E-state index contributed by atoms with van der Waals surface area (Å²) in [5.41, 5.74) is 0. The molecule has 0 aromatic heterocycles. The zero-order valence-electron chi connectivity index (χ0n) is 10.6. The lowest BCUT2D eigenvalue weighted by atomic mass is 10.1. The monoisotopic (exact) mass is 240 g/mol. The molecule has 0 aromatic rings. The molecule has 98 valence electrons. The maximum Gasteiger partial charge on any atom is 0.303 e. The number of carboxylic acid groups (broad SMARTS) is 1. The number of carbonyl (C=O) groups is 1. The predicted octanol–water partition coefficient (Wildman–Crippen LogP) is 3.39. The van der Waals surface area contributed by atoms with Crippen molar-refractivity contribution in [3.63, 3.8) is 0 Å². The SMILES string of the molecule is O=C(O)CCCCCCCCC=CC1COC1. The number of ether oxygens (including phenoxy) is 1. The van der Waals surface area contributed by atoms with E-state index in [1.807, 2.05) is 0 Å². The maximum atomic E-state index is 10.3. The van der Waals surface area contributed by atoms with Crippen LogP contribution in [0.2, 0.25) is 0 Å². The number of rotatable bonds is 10. The molecule has 1 aliphatic rings. The Morgan fingerprint density at radius 2 is 1.76 bits per heavy atom. The standard InChI is InChI=1S/C14H24O3/c15-14(16)10-8-6-4-2-1-3-5-7-9-13-11-17-12-13/h7,9,13H,1-6,8,10-12H2,(H,15,16). The molecule has 0 aliphatic carbocycles. The average molecular weight is 240 g/mol. The fourth-order valence-corrected chi connectivity index (χ4v) is 1.90. The molecule has 0 amide bonds. The van der Waals surface area contributed by atoms with E-state index >= 15 is 0 Å². The largest absolute Gasteiger partial charge is 0.481 e. The normalized spacial score (nSPS) is 16.2. The first-order valence-corrected chi connectivity index (χ1v) is 6.75. The van der Waals surface area contributed by atoms with Gasteiger partial charge in [0.1, 0.15) is 0 Å². The summed E-state index contributed by atoms with van der Waals surface area (Å²) >= 11 is 0. The Labute approximate surface area is 104 Å². The molecular formula is C14H24O3. The van der Waals surface area contributed by atoms with Gasteiger partial charge in [-0.2, -0.15) is 0 Å².